The molecule has 88 valence electrons. The summed E-state index contributed by atoms with van der Waals surface area (Å²) in [4.78, 5) is 18.3. The molecular formula is C10H20N2O3. The Morgan fingerprint density at radius 3 is 2.67 bits per heavy atom. The summed E-state index contributed by atoms with van der Waals surface area (Å²) >= 11 is 0. The van der Waals surface area contributed by atoms with Gasteiger partial charge in [0.15, 0.2) is 0 Å². The third kappa shape index (κ3) is 3.68. The molecule has 1 amide bonds. The second-order valence-electron chi connectivity index (χ2n) is 4.65. The molecule has 1 atom stereocenters. The standard InChI is InChI=1S/C10H20N2O3/c1-10(2,3)15-9(13)12-7-5-6-8(12)11-14-4/h8,11H,5-7H2,1-4H3/t8-/m0/s1. The van der Waals surface area contributed by atoms with Crippen molar-refractivity contribution in [1.29, 1.82) is 0 Å². The Morgan fingerprint density at radius 1 is 1.47 bits per heavy atom. The second-order valence-corrected chi connectivity index (χ2v) is 4.65. The minimum absolute atomic E-state index is 0.0650. The number of amides is 1. The molecule has 1 saturated heterocycles. The average Bonchev–Trinajstić information content (AvgIpc) is 2.49. The van der Waals surface area contributed by atoms with Gasteiger partial charge in [-0.05, 0) is 33.6 Å². The molecule has 1 aliphatic rings. The van der Waals surface area contributed by atoms with E-state index in [1.807, 2.05) is 20.8 Å². The fourth-order valence-electron chi connectivity index (χ4n) is 1.56. The molecule has 0 aliphatic carbocycles. The number of carbonyl (C=O) groups excluding carboxylic acids is 1. The SMILES string of the molecule is CON[C@@H]1CCCN1C(=O)OC(C)(C)C. The Hall–Kier alpha value is -0.810. The zero-order valence-corrected chi connectivity index (χ0v) is 9.87. The minimum Gasteiger partial charge on any atom is -0.444 e. The van der Waals surface area contributed by atoms with Gasteiger partial charge in [0.25, 0.3) is 0 Å². The highest BCUT2D eigenvalue weighted by Gasteiger charge is 2.31. The molecular weight excluding hydrogens is 196 g/mol. The van der Waals surface area contributed by atoms with E-state index in [-0.39, 0.29) is 12.3 Å². The highest BCUT2D eigenvalue weighted by molar-refractivity contribution is 5.68. The van der Waals surface area contributed by atoms with Crippen LogP contribution in [0.4, 0.5) is 4.79 Å². The molecule has 1 heterocycles. The number of nitrogens with zero attached hydrogens (tertiary/aromatic N) is 1. The molecule has 1 rings (SSSR count). The van der Waals surface area contributed by atoms with Crippen molar-refractivity contribution < 1.29 is 14.4 Å². The van der Waals surface area contributed by atoms with Crippen LogP contribution in [0.1, 0.15) is 33.6 Å². The van der Waals surface area contributed by atoms with E-state index >= 15 is 0 Å². The van der Waals surface area contributed by atoms with Crippen LogP contribution in [-0.4, -0.2) is 36.4 Å². The van der Waals surface area contributed by atoms with E-state index in [1.54, 1.807) is 12.0 Å². The van der Waals surface area contributed by atoms with Crippen LogP contribution >= 0.6 is 0 Å². The zero-order chi connectivity index (χ0) is 11.5. The first-order chi connectivity index (χ1) is 6.94. The zero-order valence-electron chi connectivity index (χ0n) is 9.87. The summed E-state index contributed by atoms with van der Waals surface area (Å²) in [6.07, 6.45) is 1.52. The summed E-state index contributed by atoms with van der Waals surface area (Å²) < 4.78 is 5.29. The van der Waals surface area contributed by atoms with Crippen molar-refractivity contribution in [3.05, 3.63) is 0 Å². The molecule has 5 heteroatoms. The number of carbonyl (C=O) groups is 1. The molecule has 0 bridgehead atoms. The molecule has 1 N–H and O–H groups in total. The molecule has 0 aromatic heterocycles. The number of ether oxygens (including phenoxy) is 1. The molecule has 1 aliphatic heterocycles. The largest absolute Gasteiger partial charge is 0.444 e. The number of hydrogen-bond donors (Lipinski definition) is 1. The van der Waals surface area contributed by atoms with E-state index in [2.05, 4.69) is 5.48 Å². The van der Waals surface area contributed by atoms with Gasteiger partial charge in [-0.15, -0.1) is 0 Å². The van der Waals surface area contributed by atoms with Crippen LogP contribution < -0.4 is 5.48 Å². The Bertz CT molecular complexity index is 225. The molecule has 0 saturated carbocycles. The summed E-state index contributed by atoms with van der Waals surface area (Å²) in [5, 5.41) is 0. The van der Waals surface area contributed by atoms with Crippen LogP contribution in [0, 0.1) is 0 Å². The van der Waals surface area contributed by atoms with Gasteiger partial charge in [0.2, 0.25) is 0 Å². The highest BCUT2D eigenvalue weighted by atomic mass is 16.6. The quantitative estimate of drug-likeness (QED) is 0.711. The number of rotatable bonds is 2. The Morgan fingerprint density at radius 2 is 2.13 bits per heavy atom. The van der Waals surface area contributed by atoms with Gasteiger partial charge < -0.3 is 9.57 Å². The Balaban J connectivity index is 2.51. The van der Waals surface area contributed by atoms with Gasteiger partial charge in [-0.1, -0.05) is 0 Å². The maximum Gasteiger partial charge on any atom is 0.411 e. The van der Waals surface area contributed by atoms with Crippen molar-refractivity contribution in [2.75, 3.05) is 13.7 Å². The Labute approximate surface area is 90.7 Å². The molecule has 0 spiro atoms. The van der Waals surface area contributed by atoms with Crippen molar-refractivity contribution in [2.24, 2.45) is 0 Å². The molecule has 15 heavy (non-hydrogen) atoms. The summed E-state index contributed by atoms with van der Waals surface area (Å²) in [7, 11) is 1.55. The van der Waals surface area contributed by atoms with Crippen LogP contribution in [0.15, 0.2) is 0 Å². The summed E-state index contributed by atoms with van der Waals surface area (Å²) in [5.41, 5.74) is 2.34. The van der Waals surface area contributed by atoms with E-state index in [0.717, 1.165) is 19.4 Å². The van der Waals surface area contributed by atoms with Gasteiger partial charge in [0.05, 0.1) is 7.11 Å². The van der Waals surface area contributed by atoms with Gasteiger partial charge >= 0.3 is 6.09 Å². The van der Waals surface area contributed by atoms with Gasteiger partial charge in [-0.3, -0.25) is 4.90 Å². The lowest BCUT2D eigenvalue weighted by atomic mass is 10.2. The first-order valence-corrected chi connectivity index (χ1v) is 5.22. The Kier molecular flexibility index (Phi) is 3.93. The maximum absolute atomic E-state index is 11.8. The number of hydroxylamine groups is 1. The van der Waals surface area contributed by atoms with E-state index < -0.39 is 5.60 Å². The third-order valence-corrected chi connectivity index (χ3v) is 2.13. The van der Waals surface area contributed by atoms with Crippen LogP contribution in [0.2, 0.25) is 0 Å². The van der Waals surface area contributed by atoms with Gasteiger partial charge in [-0.25, -0.2) is 4.79 Å². The predicted octanol–water partition coefficient (Wildman–Crippen LogP) is 1.49. The molecule has 1 fully saturated rings. The lowest BCUT2D eigenvalue weighted by Crippen LogP contribution is -2.46. The first-order valence-electron chi connectivity index (χ1n) is 5.22. The monoisotopic (exact) mass is 216 g/mol. The minimum atomic E-state index is -0.447. The van der Waals surface area contributed by atoms with Gasteiger partial charge in [0, 0.05) is 6.54 Å². The number of hydrogen-bond acceptors (Lipinski definition) is 4. The predicted molar refractivity (Wildman–Crippen MR) is 56.1 cm³/mol. The van der Waals surface area contributed by atoms with E-state index in [9.17, 15) is 4.79 Å². The van der Waals surface area contributed by atoms with Crippen LogP contribution in [0.25, 0.3) is 0 Å². The van der Waals surface area contributed by atoms with Crippen molar-refractivity contribution in [2.45, 2.75) is 45.4 Å². The average molecular weight is 216 g/mol. The molecule has 0 unspecified atom stereocenters. The van der Waals surface area contributed by atoms with E-state index in [0.29, 0.717) is 0 Å². The summed E-state index contributed by atoms with van der Waals surface area (Å²) in [5.74, 6) is 0. The van der Waals surface area contributed by atoms with Crippen LogP contribution in [0.5, 0.6) is 0 Å². The summed E-state index contributed by atoms with van der Waals surface area (Å²) in [6.45, 7) is 6.30. The fraction of sp³-hybridized carbons (Fsp3) is 0.900. The molecule has 0 aromatic rings. The van der Waals surface area contributed by atoms with E-state index in [1.165, 1.54) is 0 Å². The molecule has 0 radical (unpaired) electrons. The topological polar surface area (TPSA) is 50.8 Å². The van der Waals surface area contributed by atoms with Crippen molar-refractivity contribution in [3.63, 3.8) is 0 Å². The fourth-order valence-corrected chi connectivity index (χ4v) is 1.56. The first kappa shape index (κ1) is 12.3. The van der Waals surface area contributed by atoms with Crippen LogP contribution in [0.3, 0.4) is 0 Å². The molecule has 5 nitrogen and oxygen atoms in total. The lowest BCUT2D eigenvalue weighted by Gasteiger charge is -2.28. The highest BCUT2D eigenvalue weighted by Crippen LogP contribution is 2.18. The normalized spacial score (nSPS) is 21.9. The number of likely N-dealkylation sites (tertiary alicyclic amines) is 1. The third-order valence-electron chi connectivity index (χ3n) is 2.13. The van der Waals surface area contributed by atoms with Gasteiger partial charge in [0.1, 0.15) is 11.8 Å². The van der Waals surface area contributed by atoms with Gasteiger partial charge in [-0.2, -0.15) is 5.48 Å². The molecule has 0 aromatic carbocycles. The smallest absolute Gasteiger partial charge is 0.411 e. The summed E-state index contributed by atoms with van der Waals surface area (Å²) in [6, 6.07) is 0. The lowest BCUT2D eigenvalue weighted by molar-refractivity contribution is -0.0141. The van der Waals surface area contributed by atoms with Crippen LogP contribution in [-0.2, 0) is 9.57 Å². The number of nitrogens with one attached hydrogen (secondary N) is 1. The second kappa shape index (κ2) is 4.81. The van der Waals surface area contributed by atoms with Crippen molar-refractivity contribution in [1.82, 2.24) is 10.4 Å². The van der Waals surface area contributed by atoms with Crippen molar-refractivity contribution >= 4 is 6.09 Å². The van der Waals surface area contributed by atoms with Crippen molar-refractivity contribution in [3.8, 4) is 0 Å². The van der Waals surface area contributed by atoms with E-state index in [4.69, 9.17) is 9.57 Å². The maximum atomic E-state index is 11.8.